The molecule has 3 aromatic rings. The van der Waals surface area contributed by atoms with Gasteiger partial charge in [-0.3, -0.25) is 14.9 Å². The fourth-order valence-corrected chi connectivity index (χ4v) is 2.82. The Balaban J connectivity index is 0.00000280. The average Bonchev–Trinajstić information content (AvgIpc) is 2.60. The van der Waals surface area contributed by atoms with Crippen molar-refractivity contribution in [1.29, 1.82) is 0 Å². The van der Waals surface area contributed by atoms with Crippen molar-refractivity contribution in [2.75, 3.05) is 7.11 Å². The molecule has 12 heteroatoms. The van der Waals surface area contributed by atoms with E-state index in [-0.39, 0.29) is 68.8 Å². The van der Waals surface area contributed by atoms with E-state index < -0.39 is 20.8 Å². The number of hydrogen-bond donors (Lipinski definition) is 0. The molecule has 28 heavy (non-hydrogen) atoms. The van der Waals surface area contributed by atoms with Gasteiger partial charge >= 0.3 is 29.6 Å². The normalized spacial score (nSPS) is 10.9. The van der Waals surface area contributed by atoms with Crippen LogP contribution < -0.4 is 43.9 Å². The number of nitro groups is 1. The van der Waals surface area contributed by atoms with E-state index in [0.717, 1.165) is 18.4 Å². The van der Waals surface area contributed by atoms with Crippen molar-refractivity contribution in [2.45, 2.75) is 0 Å². The van der Waals surface area contributed by atoms with Crippen LogP contribution in [0.15, 0.2) is 51.9 Å². The second-order valence-corrected chi connectivity index (χ2v) is 6.25. The van der Waals surface area contributed by atoms with Crippen LogP contribution >= 0.6 is 0 Å². The zero-order chi connectivity index (χ0) is 19.8. The molecule has 1 aromatic heterocycles. The number of methoxy groups -OCH3 is 1. The maximum Gasteiger partial charge on any atom is 1.00 e. The van der Waals surface area contributed by atoms with Crippen molar-refractivity contribution in [3.63, 3.8) is 0 Å². The standard InChI is InChI=1S/C16H11NO9S.Na/c1-24-9-2-4-11(14(6-9)17(19)20)13-8-25-15-7-10(26-27(21,22)23)3-5-12(15)16(13)18;/h2-8H,1H3,(H,21,22,23);/q;+1/p-1. The van der Waals surface area contributed by atoms with Crippen molar-refractivity contribution in [2.24, 2.45) is 0 Å². The number of rotatable bonds is 5. The summed E-state index contributed by atoms with van der Waals surface area (Å²) in [5.41, 5.74) is -1.03. The Labute approximate surface area is 180 Å². The second kappa shape index (κ2) is 8.29. The number of fused-ring (bicyclic) bond motifs is 1. The molecule has 0 unspecified atom stereocenters. The van der Waals surface area contributed by atoms with E-state index in [4.69, 9.17) is 9.15 Å². The number of hydrogen-bond acceptors (Lipinski definition) is 9. The van der Waals surface area contributed by atoms with Crippen LogP contribution in [0.2, 0.25) is 0 Å². The van der Waals surface area contributed by atoms with E-state index in [1.165, 1.54) is 31.4 Å². The summed E-state index contributed by atoms with van der Waals surface area (Å²) in [6.45, 7) is 0. The number of ether oxygens (including phenoxy) is 1. The molecule has 2 aromatic carbocycles. The van der Waals surface area contributed by atoms with Gasteiger partial charge in [0.25, 0.3) is 16.1 Å². The summed E-state index contributed by atoms with van der Waals surface area (Å²) >= 11 is 0. The molecule has 0 aliphatic heterocycles. The molecule has 0 amide bonds. The van der Waals surface area contributed by atoms with Gasteiger partial charge in [-0.25, -0.2) is 8.42 Å². The SMILES string of the molecule is COc1ccc(-c2coc3cc(OS(=O)(=O)[O-])ccc3c2=O)c([N+](=O)[O-])c1.[Na+]. The van der Waals surface area contributed by atoms with Gasteiger partial charge in [0.1, 0.15) is 23.3 Å². The molecule has 3 rings (SSSR count). The quantitative estimate of drug-likeness (QED) is 0.172. The van der Waals surface area contributed by atoms with Crippen LogP contribution in [0.5, 0.6) is 11.5 Å². The van der Waals surface area contributed by atoms with Gasteiger partial charge < -0.3 is 17.9 Å². The third-order valence-electron chi connectivity index (χ3n) is 3.64. The zero-order valence-electron chi connectivity index (χ0n) is 14.6. The molecular weight excluding hydrogens is 405 g/mol. The molecule has 0 bridgehead atoms. The van der Waals surface area contributed by atoms with E-state index in [9.17, 15) is 27.9 Å². The van der Waals surface area contributed by atoms with Crippen molar-refractivity contribution in [3.05, 3.63) is 63.0 Å². The summed E-state index contributed by atoms with van der Waals surface area (Å²) in [6, 6.07) is 7.34. The molecule has 10 nitrogen and oxygen atoms in total. The molecule has 0 radical (unpaired) electrons. The number of nitrogens with zero attached hydrogens (tertiary/aromatic N) is 1. The zero-order valence-corrected chi connectivity index (χ0v) is 17.4. The molecule has 0 N–H and O–H groups in total. The van der Waals surface area contributed by atoms with Gasteiger partial charge in [0, 0.05) is 6.07 Å². The monoisotopic (exact) mass is 415 g/mol. The first-order chi connectivity index (χ1) is 12.7. The molecule has 0 fully saturated rings. The average molecular weight is 415 g/mol. The Morgan fingerprint density at radius 1 is 1.07 bits per heavy atom. The van der Waals surface area contributed by atoms with Crippen LogP contribution in [0, 0.1) is 10.1 Å². The van der Waals surface area contributed by atoms with Gasteiger partial charge in [-0.15, -0.1) is 0 Å². The smallest absolute Gasteiger partial charge is 0.716 e. The minimum absolute atomic E-state index is 0. The van der Waals surface area contributed by atoms with Gasteiger partial charge in [0.15, 0.2) is 0 Å². The second-order valence-electron chi connectivity index (χ2n) is 5.27. The topological polar surface area (TPSA) is 149 Å². The predicted octanol–water partition coefficient (Wildman–Crippen LogP) is -0.780. The Morgan fingerprint density at radius 2 is 1.75 bits per heavy atom. The maximum absolute atomic E-state index is 12.7. The molecule has 140 valence electrons. The Hall–Kier alpha value is -2.44. The predicted molar refractivity (Wildman–Crippen MR) is 91.5 cm³/mol. The minimum atomic E-state index is -4.99. The van der Waals surface area contributed by atoms with Crippen molar-refractivity contribution in [1.82, 2.24) is 0 Å². The maximum atomic E-state index is 12.7. The van der Waals surface area contributed by atoms with Crippen LogP contribution in [0.4, 0.5) is 5.69 Å². The first-order valence-electron chi connectivity index (χ1n) is 7.23. The van der Waals surface area contributed by atoms with E-state index in [0.29, 0.717) is 0 Å². The van der Waals surface area contributed by atoms with Gasteiger partial charge in [0.2, 0.25) is 5.43 Å². The van der Waals surface area contributed by atoms with Crippen molar-refractivity contribution >= 4 is 27.1 Å². The molecule has 1 heterocycles. The van der Waals surface area contributed by atoms with E-state index >= 15 is 0 Å². The molecule has 0 saturated heterocycles. The van der Waals surface area contributed by atoms with Crippen LogP contribution in [0.3, 0.4) is 0 Å². The van der Waals surface area contributed by atoms with Crippen LogP contribution in [-0.4, -0.2) is 25.0 Å². The van der Waals surface area contributed by atoms with Gasteiger partial charge in [-0.1, -0.05) is 0 Å². The Morgan fingerprint density at radius 3 is 2.36 bits per heavy atom. The van der Waals surface area contributed by atoms with Crippen molar-refractivity contribution < 1.29 is 60.8 Å². The van der Waals surface area contributed by atoms with Gasteiger partial charge in [-0.05, 0) is 24.3 Å². The molecule has 0 saturated carbocycles. The summed E-state index contributed by atoms with van der Waals surface area (Å²) in [5, 5.41) is 11.4. The summed E-state index contributed by atoms with van der Waals surface area (Å²) in [6.07, 6.45) is 1.01. The van der Waals surface area contributed by atoms with E-state index in [1.807, 2.05) is 0 Å². The summed E-state index contributed by atoms with van der Waals surface area (Å²) < 4.78 is 46.4. The summed E-state index contributed by atoms with van der Waals surface area (Å²) in [5.74, 6) is -0.0833. The Kier molecular flexibility index (Phi) is 6.47. The van der Waals surface area contributed by atoms with E-state index in [1.54, 1.807) is 0 Å². The van der Waals surface area contributed by atoms with E-state index in [2.05, 4.69) is 4.18 Å². The first kappa shape index (κ1) is 21.9. The third-order valence-corrected chi connectivity index (χ3v) is 4.03. The summed E-state index contributed by atoms with van der Waals surface area (Å²) in [4.78, 5) is 23.4. The van der Waals surface area contributed by atoms with Crippen molar-refractivity contribution in [3.8, 4) is 22.6 Å². The van der Waals surface area contributed by atoms with Gasteiger partial charge in [-0.2, -0.15) is 0 Å². The third kappa shape index (κ3) is 4.51. The molecule has 0 aliphatic carbocycles. The fourth-order valence-electron chi connectivity index (χ4n) is 2.48. The number of benzene rings is 2. The molecule has 0 aliphatic rings. The Bertz CT molecular complexity index is 1220. The first-order valence-corrected chi connectivity index (χ1v) is 8.56. The molecule has 0 atom stereocenters. The molecule has 0 spiro atoms. The van der Waals surface area contributed by atoms with Crippen LogP contribution in [0.1, 0.15) is 0 Å². The van der Waals surface area contributed by atoms with Gasteiger partial charge in [0.05, 0.1) is 34.6 Å². The fraction of sp³-hybridized carbons (Fsp3) is 0.0625. The summed E-state index contributed by atoms with van der Waals surface area (Å²) in [7, 11) is -3.63. The van der Waals surface area contributed by atoms with Crippen LogP contribution in [0.25, 0.3) is 22.1 Å². The largest absolute Gasteiger partial charge is 1.00 e. The minimum Gasteiger partial charge on any atom is -0.716 e. The number of nitro benzene ring substituents is 1. The van der Waals surface area contributed by atoms with Crippen LogP contribution in [-0.2, 0) is 10.4 Å². The molecular formula is C16H10NNaO9S.